The van der Waals surface area contributed by atoms with Gasteiger partial charge in [-0.3, -0.25) is 9.20 Å². The summed E-state index contributed by atoms with van der Waals surface area (Å²) in [6, 6.07) is 4.37. The molecule has 158 valence electrons. The topological polar surface area (TPSA) is 85.3 Å². The Morgan fingerprint density at radius 1 is 1.26 bits per heavy atom. The van der Waals surface area contributed by atoms with Crippen molar-refractivity contribution in [3.63, 3.8) is 0 Å². The minimum Gasteiger partial charge on any atom is -0.436 e. The fraction of sp³-hybridized carbons (Fsp3) is 0.304. The molecular formula is C23H22FN5O2. The minimum absolute atomic E-state index is 0.138. The van der Waals surface area contributed by atoms with Crippen LogP contribution in [0.3, 0.4) is 0 Å². The molecule has 1 N–H and O–H groups in total. The molecule has 0 radical (unpaired) electrons. The molecule has 5 rings (SSSR count). The number of carbonyl (C=O) groups is 1. The van der Waals surface area contributed by atoms with E-state index in [9.17, 15) is 9.18 Å². The standard InChI is InChI=1S/C23H22FN5O2/c1-13-21(31-14(2)26-13)22(30)27-17-6-7-19(24)18(9-17)20-12-29-11-16(8-15-4-3-5-15)10-25-23(29)28-20/h6-7,9-12,15H,3-5,8H2,1-2H3,(H,27,30). The Morgan fingerprint density at radius 2 is 2.10 bits per heavy atom. The number of benzene rings is 1. The number of halogens is 1. The third-order valence-corrected chi connectivity index (χ3v) is 5.72. The van der Waals surface area contributed by atoms with Crippen LogP contribution in [0.15, 0.2) is 41.2 Å². The second-order valence-electron chi connectivity index (χ2n) is 8.09. The number of amides is 1. The first-order valence-electron chi connectivity index (χ1n) is 10.3. The maximum atomic E-state index is 14.6. The summed E-state index contributed by atoms with van der Waals surface area (Å²) < 4.78 is 21.8. The molecule has 8 heteroatoms. The highest BCUT2D eigenvalue weighted by atomic mass is 19.1. The van der Waals surface area contributed by atoms with Gasteiger partial charge in [0.2, 0.25) is 11.5 Å². The molecule has 1 amide bonds. The molecule has 7 nitrogen and oxygen atoms in total. The first kappa shape index (κ1) is 19.4. The van der Waals surface area contributed by atoms with Crippen LogP contribution in [0.5, 0.6) is 0 Å². The van der Waals surface area contributed by atoms with Crippen molar-refractivity contribution < 1.29 is 13.6 Å². The van der Waals surface area contributed by atoms with Crippen molar-refractivity contribution in [2.45, 2.75) is 39.5 Å². The Hall–Kier alpha value is -3.55. The molecule has 3 heterocycles. The molecule has 4 aromatic rings. The van der Waals surface area contributed by atoms with Gasteiger partial charge in [-0.25, -0.2) is 19.3 Å². The van der Waals surface area contributed by atoms with Gasteiger partial charge in [-0.1, -0.05) is 19.3 Å². The van der Waals surface area contributed by atoms with Gasteiger partial charge in [0.15, 0.2) is 5.89 Å². The maximum absolute atomic E-state index is 14.6. The first-order chi connectivity index (χ1) is 15.0. The summed E-state index contributed by atoms with van der Waals surface area (Å²) in [5.74, 6) is 0.928. The number of hydrogen-bond donors (Lipinski definition) is 1. The van der Waals surface area contributed by atoms with Gasteiger partial charge in [-0.15, -0.1) is 0 Å². The summed E-state index contributed by atoms with van der Waals surface area (Å²) in [6.45, 7) is 3.37. The van der Waals surface area contributed by atoms with Crippen LogP contribution in [0.1, 0.15) is 47.0 Å². The van der Waals surface area contributed by atoms with Gasteiger partial charge in [0.05, 0.1) is 11.4 Å². The van der Waals surface area contributed by atoms with Crippen molar-refractivity contribution in [1.29, 1.82) is 0 Å². The Labute approximate surface area is 178 Å². The van der Waals surface area contributed by atoms with E-state index in [4.69, 9.17) is 4.42 Å². The zero-order chi connectivity index (χ0) is 21.5. The fourth-order valence-corrected chi connectivity index (χ4v) is 3.92. The van der Waals surface area contributed by atoms with Crippen LogP contribution in [0.25, 0.3) is 17.0 Å². The monoisotopic (exact) mass is 419 g/mol. The molecular weight excluding hydrogens is 397 g/mol. The SMILES string of the molecule is Cc1nc(C)c(C(=O)Nc2ccc(F)c(-c3cn4cc(CC5CCC5)cnc4n3)c2)o1. The number of carbonyl (C=O) groups excluding carboxylic acids is 1. The van der Waals surface area contributed by atoms with E-state index < -0.39 is 11.7 Å². The Balaban J connectivity index is 1.42. The number of anilines is 1. The van der Waals surface area contributed by atoms with Crippen LogP contribution in [0.4, 0.5) is 10.1 Å². The lowest BCUT2D eigenvalue weighted by Gasteiger charge is -2.24. The Kier molecular flexibility index (Phi) is 4.77. The van der Waals surface area contributed by atoms with E-state index in [1.165, 1.54) is 31.4 Å². The molecule has 1 saturated carbocycles. The molecule has 31 heavy (non-hydrogen) atoms. The molecule has 0 saturated heterocycles. The number of aryl methyl sites for hydroxylation is 2. The lowest BCUT2D eigenvalue weighted by molar-refractivity contribution is 0.0994. The highest BCUT2D eigenvalue weighted by Gasteiger charge is 2.19. The van der Waals surface area contributed by atoms with Gasteiger partial charge in [0, 0.05) is 36.8 Å². The molecule has 1 fully saturated rings. The summed E-state index contributed by atoms with van der Waals surface area (Å²) >= 11 is 0. The summed E-state index contributed by atoms with van der Waals surface area (Å²) in [5, 5.41) is 2.74. The lowest BCUT2D eigenvalue weighted by Crippen LogP contribution is -2.14. The zero-order valence-corrected chi connectivity index (χ0v) is 17.4. The predicted molar refractivity (Wildman–Crippen MR) is 113 cm³/mol. The van der Waals surface area contributed by atoms with Crippen molar-refractivity contribution >= 4 is 17.4 Å². The van der Waals surface area contributed by atoms with Gasteiger partial charge in [-0.2, -0.15) is 0 Å². The third-order valence-electron chi connectivity index (χ3n) is 5.72. The third kappa shape index (κ3) is 3.81. The minimum atomic E-state index is -0.437. The van der Waals surface area contributed by atoms with E-state index in [0.29, 0.717) is 28.7 Å². The second-order valence-corrected chi connectivity index (χ2v) is 8.09. The average molecular weight is 419 g/mol. The summed E-state index contributed by atoms with van der Waals surface area (Å²) in [4.78, 5) is 25.5. The Morgan fingerprint density at radius 3 is 2.81 bits per heavy atom. The summed E-state index contributed by atoms with van der Waals surface area (Å²) in [5.41, 5.74) is 2.83. The number of rotatable bonds is 5. The summed E-state index contributed by atoms with van der Waals surface area (Å²) in [6.07, 6.45) is 10.5. The number of hydrogen-bond acceptors (Lipinski definition) is 5. The molecule has 3 aromatic heterocycles. The molecule has 0 unspecified atom stereocenters. The van der Waals surface area contributed by atoms with Crippen LogP contribution < -0.4 is 5.32 Å². The van der Waals surface area contributed by atoms with Gasteiger partial charge in [-0.05, 0) is 43.0 Å². The van der Waals surface area contributed by atoms with Gasteiger partial charge >= 0.3 is 0 Å². The number of imidazole rings is 1. The van der Waals surface area contributed by atoms with Crippen molar-refractivity contribution in [3.05, 3.63) is 65.5 Å². The van der Waals surface area contributed by atoms with Crippen molar-refractivity contribution in [2.75, 3.05) is 5.32 Å². The lowest BCUT2D eigenvalue weighted by atomic mass is 9.81. The highest BCUT2D eigenvalue weighted by Crippen LogP contribution is 2.30. The number of oxazole rings is 1. The molecule has 1 aromatic carbocycles. The number of fused-ring (bicyclic) bond motifs is 1. The quantitative estimate of drug-likeness (QED) is 0.505. The molecule has 0 atom stereocenters. The molecule has 0 aliphatic heterocycles. The number of nitrogens with one attached hydrogen (secondary N) is 1. The number of nitrogens with zero attached hydrogens (tertiary/aromatic N) is 4. The molecule has 0 bridgehead atoms. The van der Waals surface area contributed by atoms with Crippen LogP contribution in [-0.2, 0) is 6.42 Å². The van der Waals surface area contributed by atoms with Crippen molar-refractivity contribution in [2.24, 2.45) is 5.92 Å². The van der Waals surface area contributed by atoms with Crippen LogP contribution >= 0.6 is 0 Å². The van der Waals surface area contributed by atoms with Crippen molar-refractivity contribution in [1.82, 2.24) is 19.4 Å². The van der Waals surface area contributed by atoms with Gasteiger partial charge in [0.25, 0.3) is 5.91 Å². The van der Waals surface area contributed by atoms with Gasteiger partial charge < -0.3 is 9.73 Å². The van der Waals surface area contributed by atoms with E-state index in [1.54, 1.807) is 26.1 Å². The maximum Gasteiger partial charge on any atom is 0.293 e. The smallest absolute Gasteiger partial charge is 0.293 e. The zero-order valence-electron chi connectivity index (χ0n) is 17.4. The molecule has 0 spiro atoms. The largest absolute Gasteiger partial charge is 0.436 e. The summed E-state index contributed by atoms with van der Waals surface area (Å²) in [7, 11) is 0. The van der Waals surface area contributed by atoms with E-state index >= 15 is 0 Å². The van der Waals surface area contributed by atoms with Crippen LogP contribution in [0, 0.1) is 25.6 Å². The normalized spacial score (nSPS) is 14.0. The average Bonchev–Trinajstić information content (AvgIpc) is 3.28. The fourth-order valence-electron chi connectivity index (χ4n) is 3.92. The van der Waals surface area contributed by atoms with Crippen molar-refractivity contribution in [3.8, 4) is 11.3 Å². The number of aromatic nitrogens is 4. The predicted octanol–water partition coefficient (Wildman–Crippen LogP) is 4.74. The van der Waals surface area contributed by atoms with Gasteiger partial charge in [0.1, 0.15) is 5.82 Å². The van der Waals surface area contributed by atoms with E-state index in [0.717, 1.165) is 17.9 Å². The van der Waals surface area contributed by atoms with E-state index in [-0.39, 0.29) is 11.3 Å². The Bertz CT molecular complexity index is 1290. The molecule has 1 aliphatic rings. The molecule has 1 aliphatic carbocycles. The van der Waals surface area contributed by atoms with Crippen LogP contribution in [-0.4, -0.2) is 25.3 Å². The van der Waals surface area contributed by atoms with Crippen LogP contribution in [0.2, 0.25) is 0 Å². The van der Waals surface area contributed by atoms with E-state index in [2.05, 4.69) is 20.3 Å². The second kappa shape index (κ2) is 7.61. The van der Waals surface area contributed by atoms with E-state index in [1.807, 2.05) is 16.8 Å². The highest BCUT2D eigenvalue weighted by molar-refractivity contribution is 6.03. The first-order valence-corrected chi connectivity index (χ1v) is 10.3.